The summed E-state index contributed by atoms with van der Waals surface area (Å²) in [6.07, 6.45) is 2.06. The Morgan fingerprint density at radius 1 is 1.79 bits per heavy atom. The summed E-state index contributed by atoms with van der Waals surface area (Å²) in [7, 11) is 1.84. The predicted octanol–water partition coefficient (Wildman–Crippen LogP) is -0.226. The summed E-state index contributed by atoms with van der Waals surface area (Å²) in [5.41, 5.74) is 6.47. The maximum Gasteiger partial charge on any atom is 0.221 e. The van der Waals surface area contributed by atoms with E-state index in [1.165, 1.54) is 0 Å². The highest BCUT2D eigenvalue weighted by Gasteiger charge is 2.05. The molecular weight excluding hydrogens is 180 g/mol. The van der Waals surface area contributed by atoms with Crippen molar-refractivity contribution < 1.29 is 4.79 Å². The summed E-state index contributed by atoms with van der Waals surface area (Å²) < 4.78 is 1.73. The van der Waals surface area contributed by atoms with Crippen LogP contribution in [0.4, 0.5) is 0 Å². The average molecular weight is 196 g/mol. The Morgan fingerprint density at radius 3 is 3.00 bits per heavy atom. The minimum absolute atomic E-state index is 0.0267. The van der Waals surface area contributed by atoms with Crippen LogP contribution in [0.15, 0.2) is 12.3 Å². The van der Waals surface area contributed by atoms with Crippen LogP contribution >= 0.6 is 0 Å². The molecule has 1 aromatic heterocycles. The van der Waals surface area contributed by atoms with E-state index in [1.807, 2.05) is 20.0 Å². The lowest BCUT2D eigenvalue weighted by Gasteiger charge is -2.07. The quantitative estimate of drug-likeness (QED) is 0.699. The molecule has 1 aromatic rings. The first-order valence-corrected chi connectivity index (χ1v) is 4.58. The number of nitrogens with one attached hydrogen (secondary N) is 1. The van der Waals surface area contributed by atoms with Gasteiger partial charge in [0.15, 0.2) is 0 Å². The van der Waals surface area contributed by atoms with Crippen molar-refractivity contribution in [2.45, 2.75) is 25.9 Å². The molecule has 0 bridgehead atoms. The van der Waals surface area contributed by atoms with Gasteiger partial charge in [0.2, 0.25) is 5.91 Å². The molecule has 0 saturated carbocycles. The lowest BCUT2D eigenvalue weighted by Crippen LogP contribution is -2.30. The average Bonchev–Trinajstić information content (AvgIpc) is 2.46. The van der Waals surface area contributed by atoms with E-state index in [-0.39, 0.29) is 11.9 Å². The number of hydrogen-bond acceptors (Lipinski definition) is 3. The van der Waals surface area contributed by atoms with Crippen LogP contribution in [0.2, 0.25) is 0 Å². The molecule has 0 aromatic carbocycles. The largest absolute Gasteiger partial charge is 0.350 e. The monoisotopic (exact) mass is 196 g/mol. The number of aromatic nitrogens is 2. The van der Waals surface area contributed by atoms with Crippen LogP contribution in [0.1, 0.15) is 19.0 Å². The number of nitrogens with zero attached hydrogens (tertiary/aromatic N) is 2. The van der Waals surface area contributed by atoms with E-state index in [2.05, 4.69) is 10.4 Å². The molecule has 14 heavy (non-hydrogen) atoms. The van der Waals surface area contributed by atoms with Crippen LogP contribution in [0.3, 0.4) is 0 Å². The molecule has 1 heterocycles. The molecule has 1 rings (SSSR count). The topological polar surface area (TPSA) is 72.9 Å². The molecular formula is C9H16N4O. The molecule has 5 heteroatoms. The lowest BCUT2D eigenvalue weighted by molar-refractivity contribution is -0.121. The number of rotatable bonds is 4. The van der Waals surface area contributed by atoms with Gasteiger partial charge in [-0.1, -0.05) is 0 Å². The van der Waals surface area contributed by atoms with Gasteiger partial charge < -0.3 is 11.1 Å². The molecule has 1 atom stereocenters. The number of aryl methyl sites for hydroxylation is 1. The first-order chi connectivity index (χ1) is 6.59. The highest BCUT2D eigenvalue weighted by Crippen LogP contribution is 1.95. The van der Waals surface area contributed by atoms with Gasteiger partial charge in [0.25, 0.3) is 0 Å². The lowest BCUT2D eigenvalue weighted by atomic mass is 10.2. The van der Waals surface area contributed by atoms with Crippen molar-refractivity contribution in [3.63, 3.8) is 0 Å². The Morgan fingerprint density at radius 2 is 2.50 bits per heavy atom. The van der Waals surface area contributed by atoms with Crippen LogP contribution in [-0.4, -0.2) is 21.7 Å². The van der Waals surface area contributed by atoms with Crippen LogP contribution < -0.4 is 11.1 Å². The first-order valence-electron chi connectivity index (χ1n) is 4.58. The van der Waals surface area contributed by atoms with Gasteiger partial charge in [-0.25, -0.2) is 0 Å². The van der Waals surface area contributed by atoms with E-state index in [0.717, 1.165) is 5.69 Å². The number of carbonyl (C=O) groups is 1. The maximum atomic E-state index is 11.2. The summed E-state index contributed by atoms with van der Waals surface area (Å²) in [4.78, 5) is 11.2. The summed E-state index contributed by atoms with van der Waals surface area (Å²) in [6, 6.07) is 1.77. The zero-order chi connectivity index (χ0) is 10.6. The number of nitrogens with two attached hydrogens (primary N) is 1. The SMILES string of the molecule is CC(N)CC(=O)NCc1ccnn1C. The molecule has 0 aliphatic rings. The molecule has 0 saturated heterocycles. The van der Waals surface area contributed by atoms with Crippen molar-refractivity contribution in [2.75, 3.05) is 0 Å². The van der Waals surface area contributed by atoms with Crippen LogP contribution in [-0.2, 0) is 18.4 Å². The van der Waals surface area contributed by atoms with E-state index in [4.69, 9.17) is 5.73 Å². The Balaban J connectivity index is 2.34. The normalized spacial score (nSPS) is 12.5. The predicted molar refractivity (Wildman–Crippen MR) is 53.3 cm³/mol. The van der Waals surface area contributed by atoms with Gasteiger partial charge in [-0.3, -0.25) is 9.48 Å². The number of amides is 1. The Labute approximate surface area is 83.3 Å². The zero-order valence-electron chi connectivity index (χ0n) is 8.53. The molecule has 0 radical (unpaired) electrons. The first kappa shape index (κ1) is 10.7. The minimum Gasteiger partial charge on any atom is -0.350 e. The van der Waals surface area contributed by atoms with Gasteiger partial charge in [0, 0.05) is 25.7 Å². The number of carbonyl (C=O) groups excluding carboxylic acids is 1. The van der Waals surface area contributed by atoms with Crippen molar-refractivity contribution in [3.05, 3.63) is 18.0 Å². The van der Waals surface area contributed by atoms with E-state index in [0.29, 0.717) is 13.0 Å². The van der Waals surface area contributed by atoms with Gasteiger partial charge in [-0.15, -0.1) is 0 Å². The molecule has 0 aliphatic heterocycles. The smallest absolute Gasteiger partial charge is 0.221 e. The van der Waals surface area contributed by atoms with Crippen molar-refractivity contribution in [2.24, 2.45) is 12.8 Å². The molecule has 1 amide bonds. The molecule has 5 nitrogen and oxygen atoms in total. The van der Waals surface area contributed by atoms with E-state index in [1.54, 1.807) is 10.9 Å². The molecule has 3 N–H and O–H groups in total. The fourth-order valence-corrected chi connectivity index (χ4v) is 1.13. The van der Waals surface area contributed by atoms with Crippen LogP contribution in [0.25, 0.3) is 0 Å². The van der Waals surface area contributed by atoms with Crippen molar-refractivity contribution in [1.29, 1.82) is 0 Å². The van der Waals surface area contributed by atoms with Crippen molar-refractivity contribution >= 4 is 5.91 Å². The van der Waals surface area contributed by atoms with Gasteiger partial charge in [-0.2, -0.15) is 5.10 Å². The molecule has 0 fully saturated rings. The molecule has 0 aliphatic carbocycles. The van der Waals surface area contributed by atoms with E-state index >= 15 is 0 Å². The fraction of sp³-hybridized carbons (Fsp3) is 0.556. The highest BCUT2D eigenvalue weighted by molar-refractivity contribution is 5.76. The molecule has 0 spiro atoms. The summed E-state index contributed by atoms with van der Waals surface area (Å²) in [6.45, 7) is 2.31. The highest BCUT2D eigenvalue weighted by atomic mass is 16.1. The standard InChI is InChI=1S/C9H16N4O/c1-7(10)5-9(14)11-6-8-3-4-12-13(8)2/h3-4,7H,5-6,10H2,1-2H3,(H,11,14). The van der Waals surface area contributed by atoms with Crippen LogP contribution in [0.5, 0.6) is 0 Å². The van der Waals surface area contributed by atoms with E-state index < -0.39 is 0 Å². The fourth-order valence-electron chi connectivity index (χ4n) is 1.13. The summed E-state index contributed by atoms with van der Waals surface area (Å²) in [5, 5.41) is 6.77. The Kier molecular flexibility index (Phi) is 3.64. The third-order valence-corrected chi connectivity index (χ3v) is 1.90. The third kappa shape index (κ3) is 3.18. The molecule has 1 unspecified atom stereocenters. The van der Waals surface area contributed by atoms with Gasteiger partial charge >= 0.3 is 0 Å². The minimum atomic E-state index is -0.0958. The van der Waals surface area contributed by atoms with Crippen LogP contribution in [0, 0.1) is 0 Å². The zero-order valence-corrected chi connectivity index (χ0v) is 8.53. The second kappa shape index (κ2) is 4.76. The van der Waals surface area contributed by atoms with Gasteiger partial charge in [0.05, 0.1) is 12.2 Å². The van der Waals surface area contributed by atoms with Gasteiger partial charge in [-0.05, 0) is 13.0 Å². The number of hydrogen-bond donors (Lipinski definition) is 2. The molecule has 78 valence electrons. The van der Waals surface area contributed by atoms with Crippen molar-refractivity contribution in [1.82, 2.24) is 15.1 Å². The van der Waals surface area contributed by atoms with E-state index in [9.17, 15) is 4.79 Å². The summed E-state index contributed by atoms with van der Waals surface area (Å²) >= 11 is 0. The third-order valence-electron chi connectivity index (χ3n) is 1.90. The Bertz CT molecular complexity index is 306. The van der Waals surface area contributed by atoms with Crippen molar-refractivity contribution in [3.8, 4) is 0 Å². The Hall–Kier alpha value is -1.36. The second-order valence-electron chi connectivity index (χ2n) is 3.40. The van der Waals surface area contributed by atoms with Gasteiger partial charge in [0.1, 0.15) is 0 Å². The maximum absolute atomic E-state index is 11.2. The second-order valence-corrected chi connectivity index (χ2v) is 3.40. The summed E-state index contributed by atoms with van der Waals surface area (Å²) in [5.74, 6) is -0.0267.